The third kappa shape index (κ3) is 4.18. The summed E-state index contributed by atoms with van der Waals surface area (Å²) in [4.78, 5) is 0. The molecule has 47 heavy (non-hydrogen) atoms. The zero-order valence-electron chi connectivity index (χ0n) is 25.6. The van der Waals surface area contributed by atoms with Crippen molar-refractivity contribution in [3.05, 3.63) is 175 Å². The van der Waals surface area contributed by atoms with Gasteiger partial charge in [-0.3, -0.25) is 0 Å². The summed E-state index contributed by atoms with van der Waals surface area (Å²) < 4.78 is 2.35. The van der Waals surface area contributed by atoms with Crippen LogP contribution in [-0.4, -0.2) is 4.57 Å². The fourth-order valence-electron chi connectivity index (χ4n) is 7.48. The highest BCUT2D eigenvalue weighted by Crippen LogP contribution is 2.47. The van der Waals surface area contributed by atoms with Crippen molar-refractivity contribution in [3.8, 4) is 45.1 Å². The largest absolute Gasteiger partial charge is 0.309 e. The first-order valence-electron chi connectivity index (χ1n) is 15.9. The van der Waals surface area contributed by atoms with Crippen molar-refractivity contribution in [2.45, 2.75) is 0 Å². The van der Waals surface area contributed by atoms with Gasteiger partial charge < -0.3 is 4.57 Å². The Balaban J connectivity index is 1.35. The normalized spacial score (nSPS) is 11.4. The molecular formula is C45H28N2. The lowest BCUT2D eigenvalue weighted by atomic mass is 9.82. The first-order chi connectivity index (χ1) is 23.3. The molecule has 0 aliphatic carbocycles. The van der Waals surface area contributed by atoms with Gasteiger partial charge in [-0.25, -0.2) is 0 Å². The zero-order valence-corrected chi connectivity index (χ0v) is 25.6. The second kappa shape index (κ2) is 10.9. The molecule has 0 unspecified atom stereocenters. The van der Waals surface area contributed by atoms with Crippen molar-refractivity contribution in [2.75, 3.05) is 0 Å². The van der Waals surface area contributed by atoms with Crippen LogP contribution in [0.4, 0.5) is 0 Å². The predicted molar refractivity (Wildman–Crippen MR) is 197 cm³/mol. The minimum atomic E-state index is 0.660. The Bertz CT molecular complexity index is 2580. The van der Waals surface area contributed by atoms with E-state index in [9.17, 15) is 5.26 Å². The molecule has 218 valence electrons. The van der Waals surface area contributed by atoms with E-state index in [-0.39, 0.29) is 0 Å². The van der Waals surface area contributed by atoms with Gasteiger partial charge in [-0.2, -0.15) is 5.26 Å². The van der Waals surface area contributed by atoms with Crippen molar-refractivity contribution in [1.82, 2.24) is 4.57 Å². The lowest BCUT2D eigenvalue weighted by molar-refractivity contribution is 1.18. The smallest absolute Gasteiger partial charge is 0.0998 e. The Morgan fingerprint density at radius 3 is 1.47 bits per heavy atom. The van der Waals surface area contributed by atoms with Crippen LogP contribution in [0.3, 0.4) is 0 Å². The van der Waals surface area contributed by atoms with Gasteiger partial charge in [-0.05, 0) is 79.7 Å². The highest BCUT2D eigenvalue weighted by molar-refractivity contribution is 6.23. The van der Waals surface area contributed by atoms with Crippen molar-refractivity contribution in [1.29, 1.82) is 5.26 Å². The minimum Gasteiger partial charge on any atom is -0.309 e. The quantitative estimate of drug-likeness (QED) is 0.186. The predicted octanol–water partition coefficient (Wildman–Crippen LogP) is 12.0. The molecule has 2 nitrogen and oxygen atoms in total. The van der Waals surface area contributed by atoms with E-state index < -0.39 is 0 Å². The summed E-state index contributed by atoms with van der Waals surface area (Å²) in [5, 5.41) is 17.7. The number of hydrogen-bond donors (Lipinski definition) is 0. The molecular weight excluding hydrogens is 569 g/mol. The molecule has 0 spiro atoms. The molecule has 0 N–H and O–H groups in total. The molecule has 2 heteroatoms. The van der Waals surface area contributed by atoms with Crippen LogP contribution >= 0.6 is 0 Å². The molecule has 0 fully saturated rings. The van der Waals surface area contributed by atoms with Gasteiger partial charge in [0.15, 0.2) is 0 Å². The van der Waals surface area contributed by atoms with Crippen LogP contribution in [0.15, 0.2) is 170 Å². The van der Waals surface area contributed by atoms with E-state index in [2.05, 4.69) is 168 Å². The summed E-state index contributed by atoms with van der Waals surface area (Å²) >= 11 is 0. The molecule has 0 radical (unpaired) electrons. The second-order valence-corrected chi connectivity index (χ2v) is 12.0. The molecule has 9 aromatic rings. The number of fused-ring (bicyclic) bond motifs is 5. The highest BCUT2D eigenvalue weighted by atomic mass is 15.0. The monoisotopic (exact) mass is 596 g/mol. The van der Waals surface area contributed by atoms with Crippen molar-refractivity contribution in [2.24, 2.45) is 0 Å². The first-order valence-corrected chi connectivity index (χ1v) is 15.9. The molecule has 1 aromatic heterocycles. The Morgan fingerprint density at radius 1 is 0.383 bits per heavy atom. The number of nitrogens with zero attached hydrogens (tertiary/aromatic N) is 2. The van der Waals surface area contributed by atoms with E-state index >= 15 is 0 Å². The van der Waals surface area contributed by atoms with Gasteiger partial charge in [-0.1, -0.05) is 140 Å². The maximum Gasteiger partial charge on any atom is 0.0998 e. The van der Waals surface area contributed by atoms with Crippen LogP contribution in [0.1, 0.15) is 5.56 Å². The molecule has 0 saturated carbocycles. The van der Waals surface area contributed by atoms with E-state index in [1.54, 1.807) is 0 Å². The number of aromatic nitrogens is 1. The SMILES string of the molecule is N#Cc1cccc(-c2cccc(-n3c4ccccc4c4ccccc43)c2)c1-c1c2ccccc2c(-c2ccccc2)c2ccccc12. The van der Waals surface area contributed by atoms with Crippen LogP contribution in [0, 0.1) is 11.3 Å². The third-order valence-corrected chi connectivity index (χ3v) is 9.42. The lowest BCUT2D eigenvalue weighted by Crippen LogP contribution is -1.97. The van der Waals surface area contributed by atoms with Gasteiger partial charge in [0.1, 0.15) is 0 Å². The second-order valence-electron chi connectivity index (χ2n) is 12.0. The van der Waals surface area contributed by atoms with E-state index in [4.69, 9.17) is 0 Å². The van der Waals surface area contributed by atoms with Crippen LogP contribution in [0.5, 0.6) is 0 Å². The van der Waals surface area contributed by atoms with Gasteiger partial charge in [0, 0.05) is 22.0 Å². The Kier molecular flexibility index (Phi) is 6.23. The minimum absolute atomic E-state index is 0.660. The van der Waals surface area contributed by atoms with Gasteiger partial charge >= 0.3 is 0 Å². The molecule has 9 rings (SSSR count). The fraction of sp³-hybridized carbons (Fsp3) is 0. The first kappa shape index (κ1) is 26.9. The Morgan fingerprint density at radius 2 is 0.872 bits per heavy atom. The van der Waals surface area contributed by atoms with E-state index in [0.717, 1.165) is 38.7 Å². The summed E-state index contributed by atoms with van der Waals surface area (Å²) in [5.41, 5.74) is 10.6. The van der Waals surface area contributed by atoms with Crippen LogP contribution in [-0.2, 0) is 0 Å². The van der Waals surface area contributed by atoms with Crippen molar-refractivity contribution < 1.29 is 0 Å². The molecule has 8 aromatic carbocycles. The lowest BCUT2D eigenvalue weighted by Gasteiger charge is -2.21. The molecule has 0 saturated heterocycles. The van der Waals surface area contributed by atoms with Gasteiger partial charge in [0.05, 0.1) is 22.7 Å². The van der Waals surface area contributed by atoms with E-state index in [0.29, 0.717) is 5.56 Å². The Hall–Kier alpha value is -6.43. The number of benzene rings is 8. The summed E-state index contributed by atoms with van der Waals surface area (Å²) in [5.74, 6) is 0. The molecule has 1 heterocycles. The van der Waals surface area contributed by atoms with E-state index in [1.165, 1.54) is 43.7 Å². The molecule has 0 atom stereocenters. The fourth-order valence-corrected chi connectivity index (χ4v) is 7.48. The number of rotatable bonds is 4. The average molecular weight is 597 g/mol. The highest BCUT2D eigenvalue weighted by Gasteiger charge is 2.21. The van der Waals surface area contributed by atoms with Gasteiger partial charge in [0.2, 0.25) is 0 Å². The van der Waals surface area contributed by atoms with E-state index in [1.807, 2.05) is 12.1 Å². The molecule has 0 aliphatic heterocycles. The summed E-state index contributed by atoms with van der Waals surface area (Å²) in [6.45, 7) is 0. The number of hydrogen-bond acceptors (Lipinski definition) is 1. The van der Waals surface area contributed by atoms with Crippen LogP contribution < -0.4 is 0 Å². The Labute approximate surface area is 273 Å². The number of nitriles is 1. The molecule has 0 aliphatic rings. The van der Waals surface area contributed by atoms with Gasteiger partial charge in [0.25, 0.3) is 0 Å². The zero-order chi connectivity index (χ0) is 31.3. The maximum absolute atomic E-state index is 10.6. The maximum atomic E-state index is 10.6. The summed E-state index contributed by atoms with van der Waals surface area (Å²) in [6.07, 6.45) is 0. The number of para-hydroxylation sites is 2. The summed E-state index contributed by atoms with van der Waals surface area (Å²) in [6, 6.07) is 62.5. The topological polar surface area (TPSA) is 28.7 Å². The molecule has 0 bridgehead atoms. The van der Waals surface area contributed by atoms with Crippen molar-refractivity contribution in [3.63, 3.8) is 0 Å². The third-order valence-electron chi connectivity index (χ3n) is 9.42. The van der Waals surface area contributed by atoms with Crippen LogP contribution in [0.2, 0.25) is 0 Å². The molecule has 0 amide bonds. The average Bonchev–Trinajstić information content (AvgIpc) is 3.48. The van der Waals surface area contributed by atoms with Crippen molar-refractivity contribution >= 4 is 43.4 Å². The standard InChI is InChI=1S/C45H28N2/c46-29-32-17-13-25-34(31-16-12-18-33(28-31)47-41-26-10-8-19-35(41)36-20-9-11-27-42(36)47)44(32)45-39-23-6-4-21-37(39)43(30-14-2-1-3-15-30)38-22-5-7-24-40(38)45/h1-28H. The summed E-state index contributed by atoms with van der Waals surface area (Å²) in [7, 11) is 0. The van der Waals surface area contributed by atoms with Crippen LogP contribution in [0.25, 0.3) is 82.4 Å². The van der Waals surface area contributed by atoms with Gasteiger partial charge in [-0.15, -0.1) is 0 Å².